The van der Waals surface area contributed by atoms with Gasteiger partial charge >= 0.3 is 5.97 Å². The Morgan fingerprint density at radius 1 is 1.40 bits per heavy atom. The lowest BCUT2D eigenvalue weighted by Gasteiger charge is -2.16. The summed E-state index contributed by atoms with van der Waals surface area (Å²) in [5.74, 6) is -0.625. The number of aryl methyl sites for hydroxylation is 2. The van der Waals surface area contributed by atoms with Crippen LogP contribution in [0.2, 0.25) is 5.02 Å². The van der Waals surface area contributed by atoms with Gasteiger partial charge in [-0.1, -0.05) is 24.6 Å². The number of aliphatic carboxylic acids is 1. The summed E-state index contributed by atoms with van der Waals surface area (Å²) in [6, 6.07) is 4.64. The van der Waals surface area contributed by atoms with E-state index in [1.807, 2.05) is 24.4 Å². The van der Waals surface area contributed by atoms with Gasteiger partial charge in [0.2, 0.25) is 0 Å². The number of thiophene rings is 1. The molecule has 1 aromatic carbocycles. The predicted octanol–water partition coefficient (Wildman–Crippen LogP) is 4.43. The highest BCUT2D eigenvalue weighted by Gasteiger charge is 2.24. The molecular weight excluding hydrogens is 360 g/mol. The smallest absolute Gasteiger partial charge is 0.326 e. The number of nitrogens with zero attached hydrogens (tertiary/aromatic N) is 2. The molecule has 0 radical (unpaired) electrons. The van der Waals surface area contributed by atoms with Gasteiger partial charge in [0.15, 0.2) is 0 Å². The van der Waals surface area contributed by atoms with Gasteiger partial charge in [-0.05, 0) is 43.5 Å². The first-order valence-electron chi connectivity index (χ1n) is 7.84. The fraction of sp³-hybridized carbons (Fsp3) is 0.278. The Hall–Kier alpha value is -2.18. The Labute approximate surface area is 153 Å². The number of carboxylic acid groups (broad SMARTS) is 1. The number of benzene rings is 1. The maximum atomic E-state index is 13.1. The van der Waals surface area contributed by atoms with Crippen LogP contribution in [-0.4, -0.2) is 20.6 Å². The molecule has 3 aromatic rings. The molecule has 0 aliphatic rings. The van der Waals surface area contributed by atoms with Gasteiger partial charge in [-0.15, -0.1) is 11.3 Å². The van der Waals surface area contributed by atoms with E-state index in [-0.39, 0.29) is 5.56 Å². The van der Waals surface area contributed by atoms with E-state index in [0.717, 1.165) is 16.7 Å². The molecule has 1 N–H and O–H groups in total. The Kier molecular flexibility index (Phi) is 4.67. The molecule has 2 heterocycles. The highest BCUT2D eigenvalue weighted by Crippen LogP contribution is 2.33. The van der Waals surface area contributed by atoms with Crippen molar-refractivity contribution in [2.45, 2.75) is 33.2 Å². The SMILES string of the molecule is CCC(C(=O)O)n1c(C)nc2scc(-c3ccc(Cl)c(C)c3)c2c1=O. The number of hydrogen-bond acceptors (Lipinski definition) is 4. The molecule has 0 spiro atoms. The minimum atomic E-state index is -1.03. The van der Waals surface area contributed by atoms with E-state index < -0.39 is 12.0 Å². The van der Waals surface area contributed by atoms with Crippen LogP contribution in [0.5, 0.6) is 0 Å². The van der Waals surface area contributed by atoms with E-state index in [4.69, 9.17) is 11.6 Å². The molecule has 2 aromatic heterocycles. The highest BCUT2D eigenvalue weighted by molar-refractivity contribution is 7.17. The highest BCUT2D eigenvalue weighted by atomic mass is 35.5. The fourth-order valence-electron chi connectivity index (χ4n) is 2.96. The molecule has 0 saturated carbocycles. The van der Waals surface area contributed by atoms with Crippen LogP contribution in [0.25, 0.3) is 21.3 Å². The zero-order valence-electron chi connectivity index (χ0n) is 14.0. The Balaban J connectivity index is 2.32. The van der Waals surface area contributed by atoms with Gasteiger partial charge in [0, 0.05) is 16.0 Å². The maximum Gasteiger partial charge on any atom is 0.326 e. The monoisotopic (exact) mass is 376 g/mol. The Morgan fingerprint density at radius 3 is 2.72 bits per heavy atom. The Bertz CT molecular complexity index is 1040. The van der Waals surface area contributed by atoms with Gasteiger partial charge < -0.3 is 5.11 Å². The number of fused-ring (bicyclic) bond motifs is 1. The third kappa shape index (κ3) is 2.96. The lowest BCUT2D eigenvalue weighted by Crippen LogP contribution is -2.32. The van der Waals surface area contributed by atoms with Crippen LogP contribution in [-0.2, 0) is 4.79 Å². The summed E-state index contributed by atoms with van der Waals surface area (Å²) in [6.45, 7) is 5.31. The van der Waals surface area contributed by atoms with Gasteiger partial charge in [0.1, 0.15) is 16.7 Å². The van der Waals surface area contributed by atoms with Gasteiger partial charge in [-0.25, -0.2) is 9.78 Å². The van der Waals surface area contributed by atoms with Crippen LogP contribution in [0, 0.1) is 13.8 Å². The molecule has 7 heteroatoms. The third-order valence-electron chi connectivity index (χ3n) is 4.27. The number of aromatic nitrogens is 2. The molecule has 0 bridgehead atoms. The van der Waals surface area contributed by atoms with Crippen molar-refractivity contribution in [2.75, 3.05) is 0 Å². The lowest BCUT2D eigenvalue weighted by molar-refractivity contribution is -0.141. The van der Waals surface area contributed by atoms with Crippen LogP contribution < -0.4 is 5.56 Å². The predicted molar refractivity (Wildman–Crippen MR) is 101 cm³/mol. The van der Waals surface area contributed by atoms with E-state index in [9.17, 15) is 14.7 Å². The van der Waals surface area contributed by atoms with Gasteiger partial charge in [0.05, 0.1) is 5.39 Å². The van der Waals surface area contributed by atoms with Crippen molar-refractivity contribution in [3.63, 3.8) is 0 Å². The van der Waals surface area contributed by atoms with Crippen molar-refractivity contribution in [1.82, 2.24) is 9.55 Å². The minimum absolute atomic E-state index is 0.308. The molecule has 0 aliphatic carbocycles. The lowest BCUT2D eigenvalue weighted by atomic mass is 10.0. The summed E-state index contributed by atoms with van der Waals surface area (Å²) in [5.41, 5.74) is 2.22. The van der Waals surface area contributed by atoms with E-state index in [0.29, 0.717) is 27.5 Å². The van der Waals surface area contributed by atoms with Crippen molar-refractivity contribution >= 4 is 39.1 Å². The molecule has 3 rings (SSSR count). The molecule has 0 amide bonds. The van der Waals surface area contributed by atoms with Crippen molar-refractivity contribution < 1.29 is 9.90 Å². The van der Waals surface area contributed by atoms with Crippen molar-refractivity contribution in [3.8, 4) is 11.1 Å². The average Bonchev–Trinajstić information content (AvgIpc) is 2.97. The standard InChI is InChI=1S/C18H17ClN2O3S/c1-4-14(18(23)24)21-10(3)20-16-15(17(21)22)12(8-25-16)11-5-6-13(19)9(2)7-11/h5-8,14H,4H2,1-3H3,(H,23,24). The van der Waals surface area contributed by atoms with Crippen molar-refractivity contribution in [1.29, 1.82) is 0 Å². The van der Waals surface area contributed by atoms with E-state index in [2.05, 4.69) is 4.98 Å². The molecule has 0 fully saturated rings. The van der Waals surface area contributed by atoms with E-state index in [1.54, 1.807) is 19.9 Å². The molecule has 1 unspecified atom stereocenters. The van der Waals surface area contributed by atoms with Crippen LogP contribution in [0.3, 0.4) is 0 Å². The second-order valence-electron chi connectivity index (χ2n) is 5.89. The summed E-state index contributed by atoms with van der Waals surface area (Å²) >= 11 is 7.47. The zero-order chi connectivity index (χ0) is 18.3. The first-order valence-corrected chi connectivity index (χ1v) is 9.10. The van der Waals surface area contributed by atoms with Gasteiger partial charge in [0.25, 0.3) is 5.56 Å². The van der Waals surface area contributed by atoms with E-state index in [1.165, 1.54) is 15.9 Å². The molecule has 0 aliphatic heterocycles. The second-order valence-corrected chi connectivity index (χ2v) is 7.16. The largest absolute Gasteiger partial charge is 0.480 e. The van der Waals surface area contributed by atoms with Crippen LogP contribution in [0.1, 0.15) is 30.8 Å². The minimum Gasteiger partial charge on any atom is -0.480 e. The van der Waals surface area contributed by atoms with Gasteiger partial charge in [-0.2, -0.15) is 0 Å². The summed E-state index contributed by atoms with van der Waals surface area (Å²) in [5, 5.41) is 12.4. The Morgan fingerprint density at radius 2 is 2.12 bits per heavy atom. The number of carboxylic acids is 1. The van der Waals surface area contributed by atoms with Crippen molar-refractivity contribution in [2.24, 2.45) is 0 Å². The number of halogens is 1. The third-order valence-corrected chi connectivity index (χ3v) is 5.56. The summed E-state index contributed by atoms with van der Waals surface area (Å²) < 4.78 is 1.28. The number of rotatable bonds is 4. The molecule has 25 heavy (non-hydrogen) atoms. The molecule has 0 saturated heterocycles. The topological polar surface area (TPSA) is 72.2 Å². The molecular formula is C18H17ClN2O3S. The zero-order valence-corrected chi connectivity index (χ0v) is 15.6. The number of carbonyl (C=O) groups is 1. The first-order chi connectivity index (χ1) is 11.8. The fourth-order valence-corrected chi connectivity index (χ4v) is 4.07. The first kappa shape index (κ1) is 17.6. The molecule has 5 nitrogen and oxygen atoms in total. The van der Waals surface area contributed by atoms with Crippen LogP contribution >= 0.6 is 22.9 Å². The molecule has 1 atom stereocenters. The quantitative estimate of drug-likeness (QED) is 0.731. The van der Waals surface area contributed by atoms with Crippen LogP contribution in [0.4, 0.5) is 0 Å². The van der Waals surface area contributed by atoms with Crippen LogP contribution in [0.15, 0.2) is 28.4 Å². The normalized spacial score (nSPS) is 12.5. The average molecular weight is 377 g/mol. The van der Waals surface area contributed by atoms with E-state index >= 15 is 0 Å². The number of hydrogen-bond donors (Lipinski definition) is 1. The van der Waals surface area contributed by atoms with Gasteiger partial charge in [-0.3, -0.25) is 9.36 Å². The van der Waals surface area contributed by atoms with Crippen molar-refractivity contribution in [3.05, 3.63) is 50.3 Å². The summed E-state index contributed by atoms with van der Waals surface area (Å²) in [6.07, 6.45) is 0.308. The molecule has 130 valence electrons. The summed E-state index contributed by atoms with van der Waals surface area (Å²) in [4.78, 5) is 29.7. The second kappa shape index (κ2) is 6.61. The summed E-state index contributed by atoms with van der Waals surface area (Å²) in [7, 11) is 0. The maximum absolute atomic E-state index is 13.1.